The van der Waals surface area contributed by atoms with E-state index in [-0.39, 0.29) is 18.9 Å². The van der Waals surface area contributed by atoms with Crippen LogP contribution in [0.2, 0.25) is 0 Å². The molecule has 9 heavy (non-hydrogen) atoms. The minimum Gasteiger partial charge on any atom is -0.377 e. The van der Waals surface area contributed by atoms with E-state index in [1.54, 1.807) is 12.1 Å². The summed E-state index contributed by atoms with van der Waals surface area (Å²) in [5.41, 5.74) is 3.68. The molecule has 0 spiro atoms. The van der Waals surface area contributed by atoms with Gasteiger partial charge in [0.1, 0.15) is 0 Å². The molecule has 1 heterocycles. The van der Waals surface area contributed by atoms with Gasteiger partial charge in [-0.05, 0) is 14.0 Å². The first-order chi connectivity index (χ1) is 3.84. The Morgan fingerprint density at radius 3 is 2.56 bits per heavy atom. The van der Waals surface area contributed by atoms with Crippen molar-refractivity contribution in [2.75, 3.05) is 7.05 Å². The summed E-state index contributed by atoms with van der Waals surface area (Å²) in [7, 11) is 1.80. The number of rotatable bonds is 0. The minimum absolute atomic E-state index is 0. The first-order valence-corrected chi connectivity index (χ1v) is 2.36. The number of allylic oxidation sites excluding steroid dienone is 1. The van der Waals surface area contributed by atoms with E-state index in [9.17, 15) is 0 Å². The summed E-state index contributed by atoms with van der Waals surface area (Å²) < 4.78 is 0. The van der Waals surface area contributed by atoms with Crippen LogP contribution in [-0.2, 0) is 0 Å². The van der Waals surface area contributed by atoms with E-state index >= 15 is 0 Å². The summed E-state index contributed by atoms with van der Waals surface area (Å²) in [6.07, 6.45) is 1.85. The Morgan fingerprint density at radius 2 is 2.33 bits per heavy atom. The Labute approximate surface area is 66.1 Å². The topological polar surface area (TPSA) is 42.1 Å². The summed E-state index contributed by atoms with van der Waals surface area (Å²) in [6.45, 7) is 1.89. The molecule has 0 radical (unpaired) electrons. The molecule has 0 N–H and O–H groups in total. The van der Waals surface area contributed by atoms with Crippen molar-refractivity contribution in [2.24, 2.45) is 10.4 Å². The van der Waals surface area contributed by atoms with Crippen LogP contribution >= 0.6 is 0 Å². The van der Waals surface area contributed by atoms with E-state index in [1.165, 1.54) is 0 Å². The van der Waals surface area contributed by atoms with E-state index < -0.39 is 0 Å². The van der Waals surface area contributed by atoms with Gasteiger partial charge >= 0.3 is 18.9 Å². The summed E-state index contributed by atoms with van der Waals surface area (Å²) >= 11 is 0. The van der Waals surface area contributed by atoms with Crippen LogP contribution in [0.3, 0.4) is 0 Å². The van der Waals surface area contributed by atoms with Crippen molar-refractivity contribution in [2.45, 2.75) is 6.92 Å². The second kappa shape index (κ2) is 3.54. The van der Waals surface area contributed by atoms with Crippen molar-refractivity contribution < 1.29 is 18.9 Å². The monoisotopic (exact) mass is 118 g/mol. The number of nitrogens with zero attached hydrogens (tertiary/aromatic N) is 4. The zero-order valence-corrected chi connectivity index (χ0v) is 5.87. The fourth-order valence-electron chi connectivity index (χ4n) is 0.481. The van der Waals surface area contributed by atoms with Gasteiger partial charge in [0, 0.05) is 5.82 Å². The Morgan fingerprint density at radius 1 is 1.67 bits per heavy atom. The molecule has 5 heteroatoms. The summed E-state index contributed by atoms with van der Waals surface area (Å²) in [6, 6.07) is 0. The second-order valence-corrected chi connectivity index (χ2v) is 1.45. The maximum Gasteiger partial charge on any atom is 1.00 e. The molecule has 0 atom stereocenters. The molecule has 0 aromatic carbocycles. The zero-order chi connectivity index (χ0) is 5.98. The van der Waals surface area contributed by atoms with Crippen LogP contribution in [0.15, 0.2) is 22.3 Å². The average molecular weight is 118 g/mol. The van der Waals surface area contributed by atoms with Gasteiger partial charge in [-0.25, -0.2) is 0 Å². The Hall–Kier alpha value is -0.463. The van der Waals surface area contributed by atoms with Crippen molar-refractivity contribution in [3.05, 3.63) is 17.3 Å². The largest absolute Gasteiger partial charge is 1.00 e. The van der Waals surface area contributed by atoms with Crippen LogP contribution in [0.5, 0.6) is 0 Å². The second-order valence-electron chi connectivity index (χ2n) is 1.45. The fourth-order valence-corrected chi connectivity index (χ4v) is 0.481. The molecule has 0 aliphatic carbocycles. The molecule has 0 aromatic heterocycles. The van der Waals surface area contributed by atoms with Gasteiger partial charge in [0.05, 0.1) is 0 Å². The molecule has 1 aliphatic rings. The molecule has 44 valence electrons. The summed E-state index contributed by atoms with van der Waals surface area (Å²) in [5.74, 6) is 0.796. The van der Waals surface area contributed by atoms with Crippen molar-refractivity contribution in [3.8, 4) is 0 Å². The van der Waals surface area contributed by atoms with Gasteiger partial charge in [0.2, 0.25) is 0 Å². The maximum atomic E-state index is 3.68. The first-order valence-electron chi connectivity index (χ1n) is 2.36. The third-order valence-electron chi connectivity index (χ3n) is 0.911. The van der Waals surface area contributed by atoms with E-state index in [4.69, 9.17) is 0 Å². The summed E-state index contributed by atoms with van der Waals surface area (Å²) in [5, 5.41) is 8.65. The molecule has 0 amide bonds. The maximum absolute atomic E-state index is 3.68. The Balaban J connectivity index is 0.000000640. The molecule has 0 saturated carbocycles. The predicted octanol–water partition coefficient (Wildman–Crippen LogP) is -1.55. The molecule has 0 aromatic rings. The molecule has 0 unspecified atom stereocenters. The molecule has 1 rings (SSSR count). The van der Waals surface area contributed by atoms with Crippen LogP contribution in [0.1, 0.15) is 6.92 Å². The van der Waals surface area contributed by atoms with Crippen LogP contribution in [0.25, 0.3) is 5.43 Å². The standard InChI is InChI=1S/C4H7N4.Li/c1-3-4-5-6-7-8(4)2;/h3H,1-2H3;/q-1;+1/b4-3+;. The van der Waals surface area contributed by atoms with Crippen molar-refractivity contribution in [1.82, 2.24) is 5.01 Å². The van der Waals surface area contributed by atoms with Gasteiger partial charge in [0.25, 0.3) is 0 Å². The molecule has 0 bridgehead atoms. The minimum atomic E-state index is 0. The molecule has 1 aliphatic heterocycles. The number of hydrogen-bond donors (Lipinski definition) is 0. The van der Waals surface area contributed by atoms with Gasteiger partial charge in [-0.3, -0.25) is 10.6 Å². The fraction of sp³-hybridized carbons (Fsp3) is 0.500. The quantitative estimate of drug-likeness (QED) is 0.355. The molecular weight excluding hydrogens is 111 g/mol. The van der Waals surface area contributed by atoms with Crippen LogP contribution in [0, 0.1) is 0 Å². The van der Waals surface area contributed by atoms with E-state index in [2.05, 4.69) is 15.9 Å². The van der Waals surface area contributed by atoms with Crippen molar-refractivity contribution >= 4 is 0 Å². The van der Waals surface area contributed by atoms with Gasteiger partial charge in [-0.15, -0.1) is 0 Å². The Kier molecular flexibility index (Phi) is 3.36. The van der Waals surface area contributed by atoms with Gasteiger partial charge in [-0.2, -0.15) is 5.22 Å². The molecule has 0 saturated heterocycles. The zero-order valence-electron chi connectivity index (χ0n) is 5.87. The number of hydrogen-bond acceptors (Lipinski definition) is 3. The van der Waals surface area contributed by atoms with Gasteiger partial charge in [-0.1, -0.05) is 6.08 Å². The van der Waals surface area contributed by atoms with Crippen molar-refractivity contribution in [1.29, 1.82) is 0 Å². The summed E-state index contributed by atoms with van der Waals surface area (Å²) in [4.78, 5) is 0. The SMILES string of the molecule is C/C=C1\[N-]N=NN1C.[Li+]. The van der Waals surface area contributed by atoms with Crippen LogP contribution < -0.4 is 18.9 Å². The smallest absolute Gasteiger partial charge is 0.377 e. The van der Waals surface area contributed by atoms with Crippen molar-refractivity contribution in [3.63, 3.8) is 0 Å². The molecular formula is C4H7LiN4. The molecule has 4 nitrogen and oxygen atoms in total. The van der Waals surface area contributed by atoms with E-state index in [0.29, 0.717) is 0 Å². The molecule has 0 fully saturated rings. The van der Waals surface area contributed by atoms with Gasteiger partial charge in [0.15, 0.2) is 0 Å². The third-order valence-corrected chi connectivity index (χ3v) is 0.911. The van der Waals surface area contributed by atoms with Gasteiger partial charge < -0.3 is 5.01 Å². The first kappa shape index (κ1) is 8.54. The van der Waals surface area contributed by atoms with Crippen LogP contribution in [0.4, 0.5) is 0 Å². The Bertz CT molecular complexity index is 142. The average Bonchev–Trinajstić information content (AvgIpc) is 2.14. The van der Waals surface area contributed by atoms with Crippen LogP contribution in [-0.4, -0.2) is 12.1 Å². The normalized spacial score (nSPS) is 19.8. The van der Waals surface area contributed by atoms with E-state index in [0.717, 1.165) is 5.82 Å². The predicted molar refractivity (Wildman–Crippen MR) is 29.7 cm³/mol. The third kappa shape index (κ3) is 1.74. The van der Waals surface area contributed by atoms with E-state index in [1.807, 2.05) is 13.0 Å².